The number of aryl methyl sites for hydroxylation is 1. The van der Waals surface area contributed by atoms with E-state index in [9.17, 15) is 14.4 Å². The van der Waals surface area contributed by atoms with E-state index in [1.165, 1.54) is 7.11 Å². The Morgan fingerprint density at radius 1 is 1.13 bits per heavy atom. The quantitative estimate of drug-likeness (QED) is 0.658. The number of hydrogen-bond acceptors (Lipinski definition) is 5. The van der Waals surface area contributed by atoms with Crippen LogP contribution in [-0.4, -0.2) is 38.0 Å². The zero-order valence-corrected chi connectivity index (χ0v) is 18.1. The molecular weight excluding hydrogens is 396 g/mol. The summed E-state index contributed by atoms with van der Waals surface area (Å²) in [5.74, 6) is -0.537. The highest BCUT2D eigenvalue weighted by Gasteiger charge is 2.36. The Labute approximate surface area is 182 Å². The molecule has 7 heteroatoms. The first-order valence-corrected chi connectivity index (χ1v) is 10.4. The van der Waals surface area contributed by atoms with Gasteiger partial charge in [-0.1, -0.05) is 29.8 Å². The van der Waals surface area contributed by atoms with Gasteiger partial charge in [0.1, 0.15) is 5.75 Å². The summed E-state index contributed by atoms with van der Waals surface area (Å²) < 4.78 is 10.2. The highest BCUT2D eigenvalue weighted by Crippen LogP contribution is 2.28. The van der Waals surface area contributed by atoms with Crippen LogP contribution >= 0.6 is 0 Å². The molecule has 0 saturated carbocycles. The van der Waals surface area contributed by atoms with Crippen molar-refractivity contribution in [1.29, 1.82) is 0 Å². The number of benzene rings is 2. The molecule has 2 amide bonds. The second-order valence-electron chi connectivity index (χ2n) is 7.58. The van der Waals surface area contributed by atoms with E-state index in [1.54, 1.807) is 4.90 Å². The van der Waals surface area contributed by atoms with Crippen LogP contribution in [0.15, 0.2) is 48.5 Å². The van der Waals surface area contributed by atoms with Crippen LogP contribution in [0.1, 0.15) is 36.9 Å². The van der Waals surface area contributed by atoms with Crippen molar-refractivity contribution in [2.45, 2.75) is 32.7 Å². The SMILES string of the molecule is CCOc1ccc(N2C[C@H](C(=O)N[C@H](CC(=O)OC)c3ccc(C)cc3)CC2=O)cc1. The van der Waals surface area contributed by atoms with Gasteiger partial charge in [0.15, 0.2) is 0 Å². The van der Waals surface area contributed by atoms with Gasteiger partial charge < -0.3 is 19.7 Å². The molecule has 1 saturated heterocycles. The fourth-order valence-corrected chi connectivity index (χ4v) is 3.61. The lowest BCUT2D eigenvalue weighted by Crippen LogP contribution is -2.36. The van der Waals surface area contributed by atoms with Crippen molar-refractivity contribution in [3.8, 4) is 5.75 Å². The van der Waals surface area contributed by atoms with E-state index >= 15 is 0 Å². The summed E-state index contributed by atoms with van der Waals surface area (Å²) in [4.78, 5) is 39.0. The smallest absolute Gasteiger partial charge is 0.307 e. The van der Waals surface area contributed by atoms with Gasteiger partial charge >= 0.3 is 5.97 Å². The first-order chi connectivity index (χ1) is 14.9. The standard InChI is InChI=1S/C24H28N2O5/c1-4-31-20-11-9-19(10-12-20)26-15-18(13-22(26)27)24(29)25-21(14-23(28)30-3)17-7-5-16(2)6-8-17/h5-12,18,21H,4,13-15H2,1-3H3,(H,25,29)/t18-,21-/m1/s1. The zero-order chi connectivity index (χ0) is 22.4. The molecule has 1 heterocycles. The monoisotopic (exact) mass is 424 g/mol. The predicted molar refractivity (Wildman–Crippen MR) is 117 cm³/mol. The number of nitrogens with one attached hydrogen (secondary N) is 1. The molecule has 3 rings (SSSR count). The van der Waals surface area contributed by atoms with E-state index in [4.69, 9.17) is 9.47 Å². The topological polar surface area (TPSA) is 84.9 Å². The van der Waals surface area contributed by atoms with E-state index in [2.05, 4.69) is 5.32 Å². The average molecular weight is 424 g/mol. The molecule has 164 valence electrons. The van der Waals surface area contributed by atoms with Crippen LogP contribution in [0.3, 0.4) is 0 Å². The van der Waals surface area contributed by atoms with Crippen molar-refractivity contribution >= 4 is 23.5 Å². The number of hydrogen-bond donors (Lipinski definition) is 1. The van der Waals surface area contributed by atoms with Crippen LogP contribution in [0.4, 0.5) is 5.69 Å². The first kappa shape index (κ1) is 22.3. The molecule has 1 N–H and O–H groups in total. The maximum absolute atomic E-state index is 13.0. The molecule has 0 aliphatic carbocycles. The van der Waals surface area contributed by atoms with Crippen molar-refractivity contribution < 1.29 is 23.9 Å². The van der Waals surface area contributed by atoms with Crippen LogP contribution < -0.4 is 15.0 Å². The van der Waals surface area contributed by atoms with Gasteiger partial charge in [-0.05, 0) is 43.7 Å². The summed E-state index contributed by atoms with van der Waals surface area (Å²) in [6.07, 6.45) is 0.145. The minimum atomic E-state index is -0.518. The third kappa shape index (κ3) is 5.63. The van der Waals surface area contributed by atoms with Crippen molar-refractivity contribution in [1.82, 2.24) is 5.32 Å². The number of ether oxygens (including phenoxy) is 2. The molecule has 1 aliphatic rings. The molecule has 2 aromatic carbocycles. The average Bonchev–Trinajstić information content (AvgIpc) is 3.16. The van der Waals surface area contributed by atoms with Gasteiger partial charge in [-0.25, -0.2) is 0 Å². The van der Waals surface area contributed by atoms with E-state index in [0.717, 1.165) is 22.6 Å². The van der Waals surface area contributed by atoms with E-state index < -0.39 is 17.9 Å². The third-order valence-electron chi connectivity index (χ3n) is 5.35. The van der Waals surface area contributed by atoms with Crippen LogP contribution in [0.5, 0.6) is 5.75 Å². The minimum Gasteiger partial charge on any atom is -0.494 e. The number of esters is 1. The van der Waals surface area contributed by atoms with Crippen molar-refractivity contribution in [3.63, 3.8) is 0 Å². The maximum atomic E-state index is 13.0. The second kappa shape index (κ2) is 10.1. The van der Waals surface area contributed by atoms with Crippen LogP contribution in [0.25, 0.3) is 0 Å². The first-order valence-electron chi connectivity index (χ1n) is 10.4. The number of carbonyl (C=O) groups excluding carboxylic acids is 3. The van der Waals surface area contributed by atoms with Crippen LogP contribution in [-0.2, 0) is 19.1 Å². The van der Waals surface area contributed by atoms with Gasteiger partial charge in [-0.3, -0.25) is 14.4 Å². The normalized spacial score (nSPS) is 16.7. The van der Waals surface area contributed by atoms with Crippen LogP contribution in [0.2, 0.25) is 0 Å². The van der Waals surface area contributed by atoms with E-state index in [0.29, 0.717) is 6.61 Å². The fourth-order valence-electron chi connectivity index (χ4n) is 3.61. The highest BCUT2D eigenvalue weighted by molar-refractivity contribution is 6.00. The Bertz CT molecular complexity index is 924. The van der Waals surface area contributed by atoms with Crippen molar-refractivity contribution in [3.05, 3.63) is 59.7 Å². The molecule has 1 aliphatic heterocycles. The van der Waals surface area contributed by atoms with Gasteiger partial charge in [0.2, 0.25) is 11.8 Å². The van der Waals surface area contributed by atoms with Gasteiger partial charge in [-0.15, -0.1) is 0 Å². The van der Waals surface area contributed by atoms with Crippen molar-refractivity contribution in [2.75, 3.05) is 25.2 Å². The zero-order valence-electron chi connectivity index (χ0n) is 18.1. The van der Waals surface area contributed by atoms with Crippen molar-refractivity contribution in [2.24, 2.45) is 5.92 Å². The fraction of sp³-hybridized carbons (Fsp3) is 0.375. The maximum Gasteiger partial charge on any atom is 0.307 e. The third-order valence-corrected chi connectivity index (χ3v) is 5.35. The number of carbonyl (C=O) groups is 3. The lowest BCUT2D eigenvalue weighted by molar-refractivity contribution is -0.141. The van der Waals surface area contributed by atoms with Crippen LogP contribution in [0, 0.1) is 12.8 Å². The number of methoxy groups -OCH3 is 1. The number of anilines is 1. The summed E-state index contributed by atoms with van der Waals surface area (Å²) in [5.41, 5.74) is 2.63. The summed E-state index contributed by atoms with van der Waals surface area (Å²) in [6.45, 7) is 4.73. The lowest BCUT2D eigenvalue weighted by Gasteiger charge is -2.21. The highest BCUT2D eigenvalue weighted by atomic mass is 16.5. The Morgan fingerprint density at radius 2 is 1.81 bits per heavy atom. The largest absolute Gasteiger partial charge is 0.494 e. The molecule has 2 atom stereocenters. The molecular formula is C24H28N2O5. The molecule has 0 bridgehead atoms. The molecule has 1 fully saturated rings. The summed E-state index contributed by atoms with van der Waals surface area (Å²) in [6, 6.07) is 14.4. The number of rotatable bonds is 8. The second-order valence-corrected chi connectivity index (χ2v) is 7.58. The summed E-state index contributed by atoms with van der Waals surface area (Å²) >= 11 is 0. The molecule has 7 nitrogen and oxygen atoms in total. The van der Waals surface area contributed by atoms with E-state index in [-0.39, 0.29) is 31.2 Å². The molecule has 31 heavy (non-hydrogen) atoms. The Kier molecular flexibility index (Phi) is 7.28. The predicted octanol–water partition coefficient (Wildman–Crippen LogP) is 3.17. The Morgan fingerprint density at radius 3 is 2.42 bits per heavy atom. The molecule has 0 aromatic heterocycles. The lowest BCUT2D eigenvalue weighted by atomic mass is 10.0. The number of nitrogens with zero attached hydrogens (tertiary/aromatic N) is 1. The Balaban J connectivity index is 1.69. The van der Waals surface area contributed by atoms with Gasteiger partial charge in [-0.2, -0.15) is 0 Å². The minimum absolute atomic E-state index is 0.0224. The molecule has 0 unspecified atom stereocenters. The van der Waals surface area contributed by atoms with Gasteiger partial charge in [0.05, 0.1) is 32.1 Å². The molecule has 0 radical (unpaired) electrons. The molecule has 2 aromatic rings. The summed E-state index contributed by atoms with van der Waals surface area (Å²) in [7, 11) is 1.32. The number of amides is 2. The van der Waals surface area contributed by atoms with Gasteiger partial charge in [0, 0.05) is 18.7 Å². The summed E-state index contributed by atoms with van der Waals surface area (Å²) in [5, 5.41) is 2.94. The molecule has 0 spiro atoms. The van der Waals surface area contributed by atoms with E-state index in [1.807, 2.05) is 62.4 Å². The van der Waals surface area contributed by atoms with Gasteiger partial charge in [0.25, 0.3) is 0 Å². The Hall–Kier alpha value is -3.35.